The summed E-state index contributed by atoms with van der Waals surface area (Å²) in [6, 6.07) is 0.968. The van der Waals surface area contributed by atoms with Gasteiger partial charge in [-0.25, -0.2) is 9.48 Å². The molecule has 3 rings (SSSR count). The van der Waals surface area contributed by atoms with E-state index in [2.05, 4.69) is 22.1 Å². The van der Waals surface area contributed by atoms with E-state index in [9.17, 15) is 4.79 Å². The second-order valence-corrected chi connectivity index (χ2v) is 6.50. The van der Waals surface area contributed by atoms with Crippen molar-refractivity contribution in [3.05, 3.63) is 11.9 Å². The average Bonchev–Trinajstić information content (AvgIpc) is 2.86. The number of carboxylic acid groups (broad SMARTS) is 1. The standard InChI is InChI=1S/C11H16N4O2S/c1-7-2-8(6-18-7)14-3-9(4-14)15-5-10(11(16)17)12-13-15/h5,7-9H,2-4,6H2,1H3,(H,16,17). The molecule has 0 bridgehead atoms. The molecule has 2 fully saturated rings. The van der Waals surface area contributed by atoms with Crippen molar-refractivity contribution in [3.63, 3.8) is 0 Å². The van der Waals surface area contributed by atoms with Gasteiger partial charge in [0.25, 0.3) is 0 Å². The van der Waals surface area contributed by atoms with Gasteiger partial charge in [0.2, 0.25) is 0 Å². The molecule has 2 aliphatic heterocycles. The molecule has 2 saturated heterocycles. The lowest BCUT2D eigenvalue weighted by Crippen LogP contribution is -2.53. The van der Waals surface area contributed by atoms with E-state index in [1.807, 2.05) is 11.8 Å². The predicted molar refractivity (Wildman–Crippen MR) is 67.9 cm³/mol. The Labute approximate surface area is 109 Å². The molecular weight excluding hydrogens is 252 g/mol. The van der Waals surface area contributed by atoms with Gasteiger partial charge in [-0.15, -0.1) is 5.10 Å². The van der Waals surface area contributed by atoms with Crippen molar-refractivity contribution in [1.29, 1.82) is 0 Å². The van der Waals surface area contributed by atoms with Crippen LogP contribution in [0.1, 0.15) is 29.9 Å². The molecule has 98 valence electrons. The summed E-state index contributed by atoms with van der Waals surface area (Å²) in [7, 11) is 0. The number of carboxylic acids is 1. The minimum Gasteiger partial charge on any atom is -0.476 e. The first-order chi connectivity index (χ1) is 8.63. The van der Waals surface area contributed by atoms with Crippen LogP contribution in [0.4, 0.5) is 0 Å². The van der Waals surface area contributed by atoms with Crippen LogP contribution >= 0.6 is 11.8 Å². The molecular formula is C11H16N4O2S. The van der Waals surface area contributed by atoms with Crippen LogP contribution in [0.5, 0.6) is 0 Å². The third kappa shape index (κ3) is 2.12. The Morgan fingerprint density at radius 2 is 2.28 bits per heavy atom. The maximum absolute atomic E-state index is 10.7. The Kier molecular flexibility index (Phi) is 3.03. The van der Waals surface area contributed by atoms with Gasteiger partial charge in [-0.2, -0.15) is 11.8 Å². The van der Waals surface area contributed by atoms with Crippen molar-refractivity contribution in [3.8, 4) is 0 Å². The highest BCUT2D eigenvalue weighted by molar-refractivity contribution is 8.00. The quantitative estimate of drug-likeness (QED) is 0.871. The van der Waals surface area contributed by atoms with Crippen molar-refractivity contribution in [2.24, 2.45) is 0 Å². The van der Waals surface area contributed by atoms with Crippen molar-refractivity contribution in [2.45, 2.75) is 30.7 Å². The molecule has 7 heteroatoms. The molecule has 1 aromatic heterocycles. The first-order valence-electron chi connectivity index (χ1n) is 6.14. The van der Waals surface area contributed by atoms with Crippen LogP contribution in [-0.4, -0.2) is 61.1 Å². The number of nitrogens with zero attached hydrogens (tertiary/aromatic N) is 4. The molecule has 6 nitrogen and oxygen atoms in total. The van der Waals surface area contributed by atoms with Crippen LogP contribution in [0.2, 0.25) is 0 Å². The fourth-order valence-corrected chi connectivity index (χ4v) is 3.81. The number of likely N-dealkylation sites (tertiary alicyclic amines) is 1. The summed E-state index contributed by atoms with van der Waals surface area (Å²) in [5, 5.41) is 17.1. The van der Waals surface area contributed by atoms with Gasteiger partial charge >= 0.3 is 5.97 Å². The van der Waals surface area contributed by atoms with Gasteiger partial charge in [-0.1, -0.05) is 12.1 Å². The zero-order chi connectivity index (χ0) is 12.7. The molecule has 0 radical (unpaired) electrons. The Morgan fingerprint density at radius 1 is 1.50 bits per heavy atom. The van der Waals surface area contributed by atoms with Gasteiger partial charge < -0.3 is 5.11 Å². The number of rotatable bonds is 3. The minimum atomic E-state index is -1.02. The molecule has 0 aliphatic carbocycles. The van der Waals surface area contributed by atoms with E-state index in [-0.39, 0.29) is 11.7 Å². The predicted octanol–water partition coefficient (Wildman–Crippen LogP) is 0.727. The van der Waals surface area contributed by atoms with E-state index in [0.29, 0.717) is 6.04 Å². The van der Waals surface area contributed by atoms with E-state index in [1.54, 1.807) is 4.68 Å². The second-order valence-electron chi connectivity index (χ2n) is 5.03. The molecule has 2 atom stereocenters. The lowest BCUT2D eigenvalue weighted by Gasteiger charge is -2.42. The number of thioether (sulfide) groups is 1. The number of carbonyl (C=O) groups is 1. The summed E-state index contributed by atoms with van der Waals surface area (Å²) >= 11 is 2.03. The van der Waals surface area contributed by atoms with Crippen molar-refractivity contribution in [2.75, 3.05) is 18.8 Å². The molecule has 0 aromatic carbocycles. The van der Waals surface area contributed by atoms with Crippen LogP contribution in [0.3, 0.4) is 0 Å². The van der Waals surface area contributed by atoms with Crippen molar-refractivity contribution < 1.29 is 9.90 Å². The smallest absolute Gasteiger partial charge is 0.358 e. The van der Waals surface area contributed by atoms with E-state index < -0.39 is 5.97 Å². The summed E-state index contributed by atoms with van der Waals surface area (Å²) in [5.74, 6) is 0.199. The lowest BCUT2D eigenvalue weighted by atomic mass is 10.0. The molecule has 0 amide bonds. The summed E-state index contributed by atoms with van der Waals surface area (Å²) in [6.07, 6.45) is 2.78. The van der Waals surface area contributed by atoms with E-state index in [4.69, 9.17) is 5.11 Å². The van der Waals surface area contributed by atoms with Gasteiger partial charge in [0.05, 0.1) is 12.2 Å². The average molecular weight is 268 g/mol. The molecule has 2 unspecified atom stereocenters. The highest BCUT2D eigenvalue weighted by Gasteiger charge is 2.37. The molecule has 1 N–H and O–H groups in total. The first kappa shape index (κ1) is 12.0. The summed E-state index contributed by atoms with van der Waals surface area (Å²) < 4.78 is 1.69. The van der Waals surface area contributed by atoms with E-state index >= 15 is 0 Å². The van der Waals surface area contributed by atoms with Crippen LogP contribution in [0, 0.1) is 0 Å². The van der Waals surface area contributed by atoms with Gasteiger partial charge in [0.15, 0.2) is 5.69 Å². The maximum atomic E-state index is 10.7. The van der Waals surface area contributed by atoms with Crippen molar-refractivity contribution >= 4 is 17.7 Å². The summed E-state index contributed by atoms with van der Waals surface area (Å²) in [6.45, 7) is 4.19. The van der Waals surface area contributed by atoms with Gasteiger partial charge in [-0.05, 0) is 6.42 Å². The van der Waals surface area contributed by atoms with Crippen molar-refractivity contribution in [1.82, 2.24) is 19.9 Å². The van der Waals surface area contributed by atoms with Gasteiger partial charge in [0.1, 0.15) is 0 Å². The SMILES string of the molecule is CC1CC(N2CC(n3cc(C(=O)O)nn3)C2)CS1. The monoisotopic (exact) mass is 268 g/mol. The third-order valence-electron chi connectivity index (χ3n) is 3.69. The fourth-order valence-electron chi connectivity index (χ4n) is 2.56. The topological polar surface area (TPSA) is 71.2 Å². The van der Waals surface area contributed by atoms with E-state index in [1.165, 1.54) is 18.4 Å². The highest BCUT2D eigenvalue weighted by Crippen LogP contribution is 2.34. The Morgan fingerprint density at radius 3 is 2.83 bits per heavy atom. The number of hydrogen-bond donors (Lipinski definition) is 1. The van der Waals surface area contributed by atoms with Crippen LogP contribution in [-0.2, 0) is 0 Å². The fraction of sp³-hybridized carbons (Fsp3) is 0.727. The van der Waals surface area contributed by atoms with E-state index in [0.717, 1.165) is 18.3 Å². The Hall–Kier alpha value is -1.08. The number of aromatic nitrogens is 3. The summed E-state index contributed by atoms with van der Waals surface area (Å²) in [4.78, 5) is 13.2. The second kappa shape index (κ2) is 4.55. The molecule has 2 aliphatic rings. The zero-order valence-corrected chi connectivity index (χ0v) is 11.0. The third-order valence-corrected chi connectivity index (χ3v) is 5.03. The largest absolute Gasteiger partial charge is 0.476 e. The molecule has 0 saturated carbocycles. The van der Waals surface area contributed by atoms with Gasteiger partial charge in [-0.3, -0.25) is 4.90 Å². The molecule has 18 heavy (non-hydrogen) atoms. The Balaban J connectivity index is 1.56. The molecule has 0 spiro atoms. The zero-order valence-electron chi connectivity index (χ0n) is 10.2. The first-order valence-corrected chi connectivity index (χ1v) is 7.19. The van der Waals surface area contributed by atoms with Crippen LogP contribution < -0.4 is 0 Å². The van der Waals surface area contributed by atoms with Crippen LogP contribution in [0.15, 0.2) is 6.20 Å². The van der Waals surface area contributed by atoms with Crippen LogP contribution in [0.25, 0.3) is 0 Å². The summed E-state index contributed by atoms with van der Waals surface area (Å²) in [5.41, 5.74) is 0.0264. The highest BCUT2D eigenvalue weighted by atomic mass is 32.2. The maximum Gasteiger partial charge on any atom is 0.358 e. The number of hydrogen-bond acceptors (Lipinski definition) is 5. The number of aromatic carboxylic acids is 1. The van der Waals surface area contributed by atoms with Gasteiger partial charge in [0, 0.05) is 30.1 Å². The molecule has 3 heterocycles. The Bertz CT molecular complexity index is 458. The lowest BCUT2D eigenvalue weighted by molar-refractivity contribution is 0.0603. The minimum absolute atomic E-state index is 0.0264. The molecule has 1 aromatic rings. The normalized spacial score (nSPS) is 29.4.